The summed E-state index contributed by atoms with van der Waals surface area (Å²) < 4.78 is 68.7. The Balaban J connectivity index is 1.18. The van der Waals surface area contributed by atoms with Crippen molar-refractivity contribution in [3.63, 3.8) is 0 Å². The maximum absolute atomic E-state index is 13.2. The van der Waals surface area contributed by atoms with E-state index in [9.17, 15) is 31.5 Å². The summed E-state index contributed by atoms with van der Waals surface area (Å²) in [4.78, 5) is 35.4. The van der Waals surface area contributed by atoms with Gasteiger partial charge in [-0.3, -0.25) is 15.1 Å². The van der Waals surface area contributed by atoms with E-state index in [4.69, 9.17) is 0 Å². The lowest BCUT2D eigenvalue weighted by Gasteiger charge is -2.20. The van der Waals surface area contributed by atoms with Gasteiger partial charge in [-0.15, -0.1) is 5.10 Å². The number of ether oxygens (including phenoxy) is 1. The summed E-state index contributed by atoms with van der Waals surface area (Å²) in [6.45, 7) is 3.93. The molecule has 0 aliphatic carbocycles. The smallest absolute Gasteiger partial charge is 0.426 e. The minimum atomic E-state index is -5.85. The molecule has 0 radical (unpaired) electrons. The number of alkyl halides is 5. The minimum Gasteiger partial charge on any atom is -0.426 e. The van der Waals surface area contributed by atoms with Gasteiger partial charge in [0.25, 0.3) is 0 Å². The number of aliphatic imine (C=N–C) groups is 1. The van der Waals surface area contributed by atoms with Crippen LogP contribution in [0.25, 0.3) is 17.1 Å². The molecule has 10 nitrogen and oxygen atoms in total. The fraction of sp³-hybridized carbons (Fsp3) is 0.281. The van der Waals surface area contributed by atoms with Gasteiger partial charge in [0, 0.05) is 11.6 Å². The molecule has 0 saturated carbocycles. The predicted molar refractivity (Wildman–Crippen MR) is 171 cm³/mol. The molecule has 252 valence electrons. The second kappa shape index (κ2) is 14.5. The molecule has 1 unspecified atom stereocenters. The molecule has 1 aromatic heterocycles. The van der Waals surface area contributed by atoms with Crippen molar-refractivity contribution in [2.45, 2.75) is 51.4 Å². The first kappa shape index (κ1) is 34.5. The molecular formula is C32H30F5N7O3S. The Labute approximate surface area is 276 Å². The molecule has 1 fully saturated rings. The van der Waals surface area contributed by atoms with Gasteiger partial charge in [-0.05, 0) is 61.2 Å². The van der Waals surface area contributed by atoms with Crippen molar-refractivity contribution in [3.8, 4) is 22.8 Å². The summed E-state index contributed by atoms with van der Waals surface area (Å²) in [5, 5.41) is 4.65. The minimum absolute atomic E-state index is 0.143. The highest BCUT2D eigenvalue weighted by atomic mass is 32.2. The average molecular weight is 688 g/mol. The highest BCUT2D eigenvalue weighted by Crippen LogP contribution is 2.37. The van der Waals surface area contributed by atoms with E-state index in [1.54, 1.807) is 24.3 Å². The van der Waals surface area contributed by atoms with Crippen molar-refractivity contribution >= 4 is 34.6 Å². The lowest BCUT2D eigenvalue weighted by atomic mass is 10.1. The standard InChI is InChI=1S/C32H30F5N7O3S/c1-3-4-7-22-8-5-6-9-26(22)44-27(45)18-48-30(44)39-29(46)41-40-20(2)21-10-12-23(13-11-21)28-38-19-43(42-28)24-14-16-25(17-15-24)47-32(36,37)31(33,34)35/h5-6,8-17,19-20,40H,3-4,7,18H2,1-2H3,(H,41,46)/b39-30-. The fourth-order valence-electron chi connectivity index (χ4n) is 4.67. The highest BCUT2D eigenvalue weighted by molar-refractivity contribution is 8.15. The summed E-state index contributed by atoms with van der Waals surface area (Å²) in [7, 11) is 0. The van der Waals surface area contributed by atoms with Crippen LogP contribution in [-0.2, 0) is 11.2 Å². The van der Waals surface area contributed by atoms with Crippen LogP contribution in [0.5, 0.6) is 5.75 Å². The number of nitrogens with one attached hydrogen (secondary N) is 2. The van der Waals surface area contributed by atoms with E-state index in [2.05, 4.69) is 37.6 Å². The second-order valence-corrected chi connectivity index (χ2v) is 11.6. The number of urea groups is 1. The first-order chi connectivity index (χ1) is 22.9. The number of unbranched alkanes of at least 4 members (excludes halogenated alkanes) is 1. The van der Waals surface area contributed by atoms with Crippen molar-refractivity contribution in [2.24, 2.45) is 4.99 Å². The SMILES string of the molecule is CCCCc1ccccc1N1C(=O)CS/C1=N\C(=O)NNC(C)c1ccc(-c2ncn(-c3ccc(OC(F)(F)C(F)(F)F)cc3)n2)cc1. The Bertz CT molecular complexity index is 1780. The van der Waals surface area contributed by atoms with E-state index in [0.717, 1.165) is 48.2 Å². The number of anilines is 1. The van der Waals surface area contributed by atoms with Gasteiger partial charge >= 0.3 is 18.3 Å². The molecule has 4 aromatic rings. The molecule has 1 atom stereocenters. The first-order valence-corrected chi connectivity index (χ1v) is 15.8. The van der Waals surface area contributed by atoms with Crippen molar-refractivity contribution in [1.29, 1.82) is 0 Å². The van der Waals surface area contributed by atoms with Crippen molar-refractivity contribution in [2.75, 3.05) is 10.7 Å². The number of aromatic nitrogens is 3. The lowest BCUT2D eigenvalue weighted by molar-refractivity contribution is -0.360. The third-order valence-corrected chi connectivity index (χ3v) is 8.15. The van der Waals surface area contributed by atoms with Crippen LogP contribution in [0.2, 0.25) is 0 Å². The number of benzene rings is 3. The zero-order valence-corrected chi connectivity index (χ0v) is 26.5. The van der Waals surface area contributed by atoms with E-state index in [1.807, 2.05) is 31.2 Å². The normalized spacial score (nSPS) is 15.2. The molecule has 1 aliphatic rings. The summed E-state index contributed by atoms with van der Waals surface area (Å²) >= 11 is 1.20. The van der Waals surface area contributed by atoms with E-state index >= 15 is 0 Å². The van der Waals surface area contributed by atoms with Crippen LogP contribution in [0.1, 0.15) is 43.9 Å². The maximum atomic E-state index is 13.2. The zero-order chi connectivity index (χ0) is 34.5. The quantitative estimate of drug-likeness (QED) is 0.126. The van der Waals surface area contributed by atoms with Crippen molar-refractivity contribution < 1.29 is 36.3 Å². The van der Waals surface area contributed by atoms with Gasteiger partial charge in [0.05, 0.1) is 17.1 Å². The van der Waals surface area contributed by atoms with Gasteiger partial charge in [-0.1, -0.05) is 67.6 Å². The number of carbonyl (C=O) groups is 2. The van der Waals surface area contributed by atoms with E-state index in [0.29, 0.717) is 22.2 Å². The van der Waals surface area contributed by atoms with Crippen LogP contribution < -0.4 is 20.5 Å². The number of aryl methyl sites for hydroxylation is 1. The second-order valence-electron chi connectivity index (χ2n) is 10.7. The molecule has 2 N–H and O–H groups in total. The Hall–Kier alpha value is -4.83. The number of carbonyl (C=O) groups excluding carboxylic acids is 2. The van der Waals surface area contributed by atoms with E-state index in [1.165, 1.54) is 39.8 Å². The van der Waals surface area contributed by atoms with Crippen LogP contribution in [-0.4, -0.2) is 49.9 Å². The van der Waals surface area contributed by atoms with Crippen LogP contribution >= 0.6 is 11.8 Å². The summed E-state index contributed by atoms with van der Waals surface area (Å²) in [5.74, 6) is -0.289. The number of halogens is 5. The molecule has 1 saturated heterocycles. The van der Waals surface area contributed by atoms with Crippen LogP contribution in [0.3, 0.4) is 0 Å². The molecule has 1 aliphatic heterocycles. The number of amidine groups is 1. The van der Waals surface area contributed by atoms with Crippen molar-refractivity contribution in [1.82, 2.24) is 25.6 Å². The number of thioether (sulfide) groups is 1. The Morgan fingerprint density at radius 3 is 2.44 bits per heavy atom. The van der Waals surface area contributed by atoms with Gasteiger partial charge in [-0.25, -0.2) is 19.9 Å². The number of rotatable bonds is 11. The number of hydrazine groups is 1. The van der Waals surface area contributed by atoms with E-state index < -0.39 is 24.1 Å². The molecule has 2 heterocycles. The molecule has 16 heteroatoms. The van der Waals surface area contributed by atoms with Gasteiger partial charge in [0.2, 0.25) is 5.91 Å². The monoisotopic (exact) mass is 687 g/mol. The molecule has 3 aromatic carbocycles. The van der Waals surface area contributed by atoms with Crippen LogP contribution in [0.4, 0.5) is 32.4 Å². The Kier molecular flexibility index (Phi) is 10.4. The Morgan fingerprint density at radius 1 is 1.04 bits per heavy atom. The first-order valence-electron chi connectivity index (χ1n) is 14.8. The van der Waals surface area contributed by atoms with Crippen LogP contribution in [0, 0.1) is 0 Å². The number of hydrogen-bond donors (Lipinski definition) is 2. The molecule has 3 amide bonds. The van der Waals surface area contributed by atoms with Gasteiger partial charge in [-0.2, -0.15) is 26.9 Å². The fourth-order valence-corrected chi connectivity index (χ4v) is 5.53. The predicted octanol–water partition coefficient (Wildman–Crippen LogP) is 7.22. The zero-order valence-electron chi connectivity index (χ0n) is 25.7. The Morgan fingerprint density at radius 2 is 1.75 bits per heavy atom. The third kappa shape index (κ3) is 7.99. The van der Waals surface area contributed by atoms with Crippen LogP contribution in [0.15, 0.2) is 84.1 Å². The topological polar surface area (TPSA) is 114 Å². The van der Waals surface area contributed by atoms with Gasteiger partial charge in [0.1, 0.15) is 12.1 Å². The lowest BCUT2D eigenvalue weighted by Crippen LogP contribution is -2.41. The van der Waals surface area contributed by atoms with Crippen molar-refractivity contribution in [3.05, 3.63) is 90.3 Å². The number of para-hydroxylation sites is 1. The highest BCUT2D eigenvalue weighted by Gasteiger charge is 2.61. The molecule has 0 bridgehead atoms. The summed E-state index contributed by atoms with van der Waals surface area (Å²) in [6, 6.07) is 18.2. The number of hydrogen-bond acceptors (Lipinski definition) is 7. The molecule has 0 spiro atoms. The largest absolute Gasteiger partial charge is 0.499 e. The third-order valence-electron chi connectivity index (χ3n) is 7.23. The van der Waals surface area contributed by atoms with Gasteiger partial charge in [0.15, 0.2) is 11.0 Å². The molecule has 5 rings (SSSR count). The average Bonchev–Trinajstić information content (AvgIpc) is 3.69. The summed E-state index contributed by atoms with van der Waals surface area (Å²) in [6.07, 6.45) is -7.02. The molecule has 48 heavy (non-hydrogen) atoms. The van der Waals surface area contributed by atoms with E-state index in [-0.39, 0.29) is 17.7 Å². The number of amides is 3. The maximum Gasteiger partial charge on any atom is 0.499 e. The number of nitrogens with zero attached hydrogens (tertiary/aromatic N) is 5. The molecular weight excluding hydrogens is 657 g/mol. The summed E-state index contributed by atoms with van der Waals surface area (Å²) in [5.41, 5.74) is 9.05. The van der Waals surface area contributed by atoms with Gasteiger partial charge < -0.3 is 4.74 Å².